The molecule has 2 heterocycles. The molecule has 1 aromatic heterocycles. The summed E-state index contributed by atoms with van der Waals surface area (Å²) in [4.78, 5) is 19.8. The van der Waals surface area contributed by atoms with E-state index in [1.165, 1.54) is 30.5 Å². The molecule has 3 aromatic rings. The lowest BCUT2D eigenvalue weighted by molar-refractivity contribution is -0.116. The van der Waals surface area contributed by atoms with Crippen molar-refractivity contribution < 1.29 is 13.2 Å². The Kier molecular flexibility index (Phi) is 7.88. The van der Waals surface area contributed by atoms with Crippen molar-refractivity contribution in [2.45, 2.75) is 63.9 Å². The monoisotopic (exact) mass is 497 g/mol. The molecule has 35 heavy (non-hydrogen) atoms. The van der Waals surface area contributed by atoms with Gasteiger partial charge in [-0.2, -0.15) is 0 Å². The molecule has 188 valence electrons. The highest BCUT2D eigenvalue weighted by Gasteiger charge is 2.17. The first kappa shape index (κ1) is 25.3. The first-order chi connectivity index (χ1) is 16.7. The van der Waals surface area contributed by atoms with Gasteiger partial charge >= 0.3 is 0 Å². The summed E-state index contributed by atoms with van der Waals surface area (Å²) >= 11 is 0. The number of nitrogens with two attached hydrogens (primary N) is 1. The molecule has 1 aliphatic rings. The van der Waals surface area contributed by atoms with Crippen LogP contribution in [-0.2, 0) is 34.3 Å². The van der Waals surface area contributed by atoms with Crippen molar-refractivity contribution in [2.24, 2.45) is 11.1 Å². The average molecular weight is 498 g/mol. The Balaban J connectivity index is 1.37. The van der Waals surface area contributed by atoms with Gasteiger partial charge in [0.25, 0.3) is 0 Å². The van der Waals surface area contributed by atoms with Gasteiger partial charge in [0.15, 0.2) is 0 Å². The Hall–Kier alpha value is -2.75. The van der Waals surface area contributed by atoms with E-state index in [1.807, 2.05) is 16.7 Å². The minimum atomic E-state index is -3.80. The molecule has 8 nitrogen and oxygen atoms in total. The topological polar surface area (TPSA) is 110 Å². The number of hydrogen-bond donors (Lipinski definition) is 2. The van der Waals surface area contributed by atoms with Gasteiger partial charge < -0.3 is 9.88 Å². The van der Waals surface area contributed by atoms with Crippen LogP contribution >= 0.6 is 0 Å². The quantitative estimate of drug-likeness (QED) is 0.466. The molecule has 4 rings (SSSR count). The highest BCUT2D eigenvalue weighted by molar-refractivity contribution is 7.89. The van der Waals surface area contributed by atoms with E-state index in [1.54, 1.807) is 6.07 Å². The van der Waals surface area contributed by atoms with Gasteiger partial charge in [-0.05, 0) is 74.2 Å². The molecular formula is C26H35N5O3S. The number of carbonyl (C=O) groups excluding carboxylic acids is 1. The number of likely N-dealkylation sites (tertiary alicyclic amines) is 1. The number of nitrogens with zero attached hydrogens (tertiary/aromatic N) is 3. The van der Waals surface area contributed by atoms with Gasteiger partial charge in [0.1, 0.15) is 5.82 Å². The molecule has 0 atom stereocenters. The number of aryl methyl sites for hydroxylation is 2. The maximum absolute atomic E-state index is 12.6. The summed E-state index contributed by atoms with van der Waals surface area (Å²) in [6, 6.07) is 12.8. The Morgan fingerprint density at radius 1 is 1.14 bits per heavy atom. The number of anilines is 1. The van der Waals surface area contributed by atoms with Crippen LogP contribution in [0.2, 0.25) is 0 Å². The first-order valence-electron chi connectivity index (χ1n) is 12.4. The molecule has 0 bridgehead atoms. The number of hydrogen-bond acceptors (Lipinski definition) is 5. The van der Waals surface area contributed by atoms with E-state index in [2.05, 4.69) is 41.2 Å². The second-order valence-corrected chi connectivity index (χ2v) is 11.1. The number of imidazole rings is 1. The number of piperidine rings is 1. The molecule has 1 amide bonds. The Morgan fingerprint density at radius 3 is 2.51 bits per heavy atom. The van der Waals surface area contributed by atoms with Crippen molar-refractivity contribution in [3.8, 4) is 0 Å². The molecule has 0 aliphatic carbocycles. The SMILES string of the molecule is CCCn1c(CCC(=O)Nc2ccc(CN3CCC(C)CC3)cc2)nc2cc(S(N)(=O)=O)ccc21. The zero-order valence-corrected chi connectivity index (χ0v) is 21.4. The van der Waals surface area contributed by atoms with Gasteiger partial charge in [-0.25, -0.2) is 18.5 Å². The standard InChI is InChI=1S/C26H35N5O3S/c1-3-14-31-24-9-8-22(35(27,33)34)17-23(24)29-25(31)10-11-26(32)28-21-6-4-20(5-7-21)18-30-15-12-19(2)13-16-30/h4-9,17,19H,3,10-16,18H2,1-2H3,(H,28,32)(H2,27,33,34). The summed E-state index contributed by atoms with van der Waals surface area (Å²) < 4.78 is 25.5. The normalized spacial score (nSPS) is 15.5. The van der Waals surface area contributed by atoms with Crippen molar-refractivity contribution in [3.05, 3.63) is 53.9 Å². The van der Waals surface area contributed by atoms with Gasteiger partial charge in [-0.1, -0.05) is 26.0 Å². The van der Waals surface area contributed by atoms with E-state index < -0.39 is 10.0 Å². The van der Waals surface area contributed by atoms with Crippen molar-refractivity contribution in [2.75, 3.05) is 18.4 Å². The highest BCUT2D eigenvalue weighted by Crippen LogP contribution is 2.22. The lowest BCUT2D eigenvalue weighted by Gasteiger charge is -2.30. The lowest BCUT2D eigenvalue weighted by Crippen LogP contribution is -2.32. The zero-order chi connectivity index (χ0) is 25.0. The summed E-state index contributed by atoms with van der Waals surface area (Å²) in [5, 5.41) is 8.24. The second-order valence-electron chi connectivity index (χ2n) is 9.58. The minimum absolute atomic E-state index is 0.0359. The molecule has 0 unspecified atom stereocenters. The fourth-order valence-electron chi connectivity index (χ4n) is 4.62. The van der Waals surface area contributed by atoms with Crippen molar-refractivity contribution in [1.29, 1.82) is 0 Å². The maximum Gasteiger partial charge on any atom is 0.238 e. The lowest BCUT2D eigenvalue weighted by atomic mass is 9.99. The molecule has 9 heteroatoms. The van der Waals surface area contributed by atoms with Crippen LogP contribution in [-0.4, -0.2) is 41.9 Å². The largest absolute Gasteiger partial charge is 0.328 e. The summed E-state index contributed by atoms with van der Waals surface area (Å²) in [6.45, 7) is 8.36. The van der Waals surface area contributed by atoms with Gasteiger partial charge in [0.2, 0.25) is 15.9 Å². The fraction of sp³-hybridized carbons (Fsp3) is 0.462. The Labute approximate surface area is 207 Å². The Morgan fingerprint density at radius 2 is 1.86 bits per heavy atom. The zero-order valence-electron chi connectivity index (χ0n) is 20.5. The van der Waals surface area contributed by atoms with E-state index in [9.17, 15) is 13.2 Å². The van der Waals surface area contributed by atoms with Gasteiger partial charge in [0, 0.05) is 31.6 Å². The molecule has 3 N–H and O–H groups in total. The Bertz CT molecular complexity index is 1280. The summed E-state index contributed by atoms with van der Waals surface area (Å²) in [5.41, 5.74) is 3.45. The molecule has 0 spiro atoms. The number of sulfonamides is 1. The third kappa shape index (κ3) is 6.48. The van der Waals surface area contributed by atoms with E-state index in [0.717, 1.165) is 55.5 Å². The van der Waals surface area contributed by atoms with E-state index in [4.69, 9.17) is 5.14 Å². The minimum Gasteiger partial charge on any atom is -0.328 e. The van der Waals surface area contributed by atoms with Crippen LogP contribution in [0.5, 0.6) is 0 Å². The molecule has 0 radical (unpaired) electrons. The van der Waals surface area contributed by atoms with Crippen LogP contribution < -0.4 is 10.5 Å². The number of amides is 1. The van der Waals surface area contributed by atoms with Gasteiger partial charge in [0.05, 0.1) is 15.9 Å². The van der Waals surface area contributed by atoms with Crippen LogP contribution in [0.15, 0.2) is 47.4 Å². The van der Waals surface area contributed by atoms with Crippen LogP contribution in [0.25, 0.3) is 11.0 Å². The number of primary sulfonamides is 1. The maximum atomic E-state index is 12.6. The smallest absolute Gasteiger partial charge is 0.238 e. The van der Waals surface area contributed by atoms with Crippen LogP contribution in [0.4, 0.5) is 5.69 Å². The number of nitrogens with one attached hydrogen (secondary N) is 1. The summed E-state index contributed by atoms with van der Waals surface area (Å²) in [7, 11) is -3.80. The number of carbonyl (C=O) groups is 1. The van der Waals surface area contributed by atoms with Crippen molar-refractivity contribution >= 4 is 32.7 Å². The van der Waals surface area contributed by atoms with Gasteiger partial charge in [-0.15, -0.1) is 0 Å². The van der Waals surface area contributed by atoms with Gasteiger partial charge in [-0.3, -0.25) is 9.69 Å². The highest BCUT2D eigenvalue weighted by atomic mass is 32.2. The van der Waals surface area contributed by atoms with E-state index in [0.29, 0.717) is 11.9 Å². The van der Waals surface area contributed by atoms with E-state index >= 15 is 0 Å². The molecule has 1 aliphatic heterocycles. The molecule has 1 fully saturated rings. The summed E-state index contributed by atoms with van der Waals surface area (Å²) in [5.74, 6) is 1.50. The molecular weight excluding hydrogens is 462 g/mol. The van der Waals surface area contributed by atoms with Crippen LogP contribution in [0, 0.1) is 5.92 Å². The average Bonchev–Trinajstić information content (AvgIpc) is 3.17. The third-order valence-corrected chi connectivity index (χ3v) is 7.58. The third-order valence-electron chi connectivity index (χ3n) is 6.67. The molecule has 0 saturated carbocycles. The van der Waals surface area contributed by atoms with E-state index in [-0.39, 0.29) is 17.2 Å². The summed E-state index contributed by atoms with van der Waals surface area (Å²) in [6.07, 6.45) is 4.14. The number of aromatic nitrogens is 2. The second kappa shape index (κ2) is 10.9. The molecule has 2 aromatic carbocycles. The fourth-order valence-corrected chi connectivity index (χ4v) is 5.15. The number of rotatable bonds is 9. The van der Waals surface area contributed by atoms with Crippen molar-refractivity contribution in [1.82, 2.24) is 14.5 Å². The van der Waals surface area contributed by atoms with Crippen LogP contribution in [0.1, 0.15) is 50.9 Å². The number of fused-ring (bicyclic) bond motifs is 1. The predicted molar refractivity (Wildman–Crippen MR) is 138 cm³/mol. The van der Waals surface area contributed by atoms with Crippen LogP contribution in [0.3, 0.4) is 0 Å². The number of benzene rings is 2. The molecule has 1 saturated heterocycles. The van der Waals surface area contributed by atoms with Crippen molar-refractivity contribution in [3.63, 3.8) is 0 Å². The predicted octanol–water partition coefficient (Wildman–Crippen LogP) is 3.90. The first-order valence-corrected chi connectivity index (χ1v) is 13.9.